The van der Waals surface area contributed by atoms with Crippen molar-refractivity contribution in [3.63, 3.8) is 0 Å². The average molecular weight is 391 g/mol. The number of piperazine rings is 1. The van der Waals surface area contributed by atoms with Gasteiger partial charge in [0.25, 0.3) is 5.91 Å². The summed E-state index contributed by atoms with van der Waals surface area (Å²) in [7, 11) is 3.71. The number of hydrogen-bond donors (Lipinski definition) is 2. The SMILES string of the molecule is COc1ccc(NC(=O)/C(C#N)=C\Nc2ccc(N3CCN(C)CC3)cc2)cc1. The summed E-state index contributed by atoms with van der Waals surface area (Å²) < 4.78 is 5.09. The molecule has 7 heteroatoms. The molecule has 1 amide bonds. The number of nitrogens with zero attached hydrogens (tertiary/aromatic N) is 3. The Bertz CT molecular complexity index is 892. The highest BCUT2D eigenvalue weighted by molar-refractivity contribution is 6.06. The molecule has 7 nitrogen and oxygen atoms in total. The van der Waals surface area contributed by atoms with Crippen molar-refractivity contribution in [1.82, 2.24) is 4.90 Å². The molecule has 2 aromatic rings. The normalized spacial score (nSPS) is 14.8. The van der Waals surface area contributed by atoms with E-state index in [9.17, 15) is 10.1 Å². The van der Waals surface area contributed by atoms with Gasteiger partial charge in [-0.1, -0.05) is 0 Å². The van der Waals surface area contributed by atoms with Crippen LogP contribution in [0.3, 0.4) is 0 Å². The van der Waals surface area contributed by atoms with Crippen LogP contribution in [0.25, 0.3) is 0 Å². The molecule has 0 radical (unpaired) electrons. The topological polar surface area (TPSA) is 80.6 Å². The molecule has 0 atom stereocenters. The number of ether oxygens (including phenoxy) is 1. The lowest BCUT2D eigenvalue weighted by Gasteiger charge is -2.34. The van der Waals surface area contributed by atoms with Crippen LogP contribution in [0.4, 0.5) is 17.1 Å². The fourth-order valence-electron chi connectivity index (χ4n) is 3.01. The number of benzene rings is 2. The van der Waals surface area contributed by atoms with Crippen LogP contribution in [0.2, 0.25) is 0 Å². The Morgan fingerprint density at radius 2 is 1.66 bits per heavy atom. The van der Waals surface area contributed by atoms with E-state index in [-0.39, 0.29) is 5.57 Å². The highest BCUT2D eigenvalue weighted by Crippen LogP contribution is 2.20. The fraction of sp³-hybridized carbons (Fsp3) is 0.273. The van der Waals surface area contributed by atoms with E-state index in [1.165, 1.54) is 11.9 Å². The lowest BCUT2D eigenvalue weighted by Crippen LogP contribution is -2.44. The summed E-state index contributed by atoms with van der Waals surface area (Å²) in [5, 5.41) is 15.0. The van der Waals surface area contributed by atoms with Gasteiger partial charge in [-0.3, -0.25) is 4.79 Å². The van der Waals surface area contributed by atoms with Gasteiger partial charge in [0.2, 0.25) is 0 Å². The number of nitriles is 1. The average Bonchev–Trinajstić information content (AvgIpc) is 2.76. The first-order valence-corrected chi connectivity index (χ1v) is 9.45. The molecule has 0 aliphatic carbocycles. The third-order valence-electron chi connectivity index (χ3n) is 4.83. The quantitative estimate of drug-likeness (QED) is 0.582. The van der Waals surface area contributed by atoms with E-state index in [2.05, 4.69) is 27.5 Å². The molecule has 2 N–H and O–H groups in total. The van der Waals surface area contributed by atoms with E-state index in [0.717, 1.165) is 31.9 Å². The molecule has 29 heavy (non-hydrogen) atoms. The largest absolute Gasteiger partial charge is 0.497 e. The first-order chi connectivity index (χ1) is 14.1. The molecule has 0 bridgehead atoms. The molecule has 0 saturated carbocycles. The second-order valence-corrected chi connectivity index (χ2v) is 6.83. The highest BCUT2D eigenvalue weighted by Gasteiger charge is 2.14. The molecule has 1 aliphatic rings. The first kappa shape index (κ1) is 20.2. The van der Waals surface area contributed by atoms with Gasteiger partial charge in [-0.2, -0.15) is 5.26 Å². The molecular formula is C22H25N5O2. The minimum Gasteiger partial charge on any atom is -0.497 e. The van der Waals surface area contributed by atoms with Crippen molar-refractivity contribution in [2.45, 2.75) is 0 Å². The summed E-state index contributed by atoms with van der Waals surface area (Å²) in [5.41, 5.74) is 2.57. The zero-order valence-electron chi connectivity index (χ0n) is 16.7. The van der Waals surface area contributed by atoms with Crippen molar-refractivity contribution >= 4 is 23.0 Å². The maximum Gasteiger partial charge on any atom is 0.267 e. The van der Waals surface area contributed by atoms with Gasteiger partial charge in [-0.05, 0) is 55.6 Å². The summed E-state index contributed by atoms with van der Waals surface area (Å²) in [6.07, 6.45) is 1.42. The lowest BCUT2D eigenvalue weighted by molar-refractivity contribution is -0.112. The Morgan fingerprint density at radius 3 is 2.24 bits per heavy atom. The second kappa shape index (κ2) is 9.62. The molecule has 0 unspecified atom stereocenters. The van der Waals surface area contributed by atoms with Crippen molar-refractivity contribution in [3.05, 3.63) is 60.3 Å². The first-order valence-electron chi connectivity index (χ1n) is 9.45. The molecular weight excluding hydrogens is 366 g/mol. The number of nitrogens with one attached hydrogen (secondary N) is 2. The van der Waals surface area contributed by atoms with Crippen LogP contribution in [0, 0.1) is 11.3 Å². The zero-order valence-corrected chi connectivity index (χ0v) is 16.7. The van der Waals surface area contributed by atoms with E-state index >= 15 is 0 Å². The molecule has 2 aromatic carbocycles. The summed E-state index contributed by atoms with van der Waals surface area (Å²) in [5.74, 6) is 0.222. The predicted octanol–water partition coefficient (Wildman–Crippen LogP) is 2.91. The van der Waals surface area contributed by atoms with Gasteiger partial charge < -0.3 is 25.2 Å². The van der Waals surface area contributed by atoms with Crippen molar-refractivity contribution in [2.75, 3.05) is 55.9 Å². The van der Waals surface area contributed by atoms with Crippen LogP contribution in [0.5, 0.6) is 5.75 Å². The number of carbonyl (C=O) groups is 1. The minimum atomic E-state index is -0.473. The van der Waals surface area contributed by atoms with Crippen molar-refractivity contribution in [3.8, 4) is 11.8 Å². The minimum absolute atomic E-state index is 0.0102. The smallest absolute Gasteiger partial charge is 0.267 e. The van der Waals surface area contributed by atoms with Gasteiger partial charge >= 0.3 is 0 Å². The Labute approximate surface area is 171 Å². The van der Waals surface area contributed by atoms with Gasteiger partial charge in [-0.15, -0.1) is 0 Å². The van der Waals surface area contributed by atoms with Gasteiger partial charge in [0.15, 0.2) is 0 Å². The highest BCUT2D eigenvalue weighted by atomic mass is 16.5. The van der Waals surface area contributed by atoms with E-state index in [1.54, 1.807) is 31.4 Å². The number of carbonyl (C=O) groups excluding carboxylic acids is 1. The molecule has 3 rings (SSSR count). The molecule has 150 valence electrons. The Morgan fingerprint density at radius 1 is 1.03 bits per heavy atom. The van der Waals surface area contributed by atoms with Crippen LogP contribution < -0.4 is 20.3 Å². The molecule has 0 spiro atoms. The van der Waals surface area contributed by atoms with Crippen molar-refractivity contribution < 1.29 is 9.53 Å². The molecule has 0 aromatic heterocycles. The van der Waals surface area contributed by atoms with Gasteiger partial charge in [0, 0.05) is 49.4 Å². The third kappa shape index (κ3) is 5.50. The van der Waals surface area contributed by atoms with Crippen LogP contribution in [-0.2, 0) is 4.79 Å². The number of rotatable bonds is 6. The summed E-state index contributed by atoms with van der Waals surface area (Å²) >= 11 is 0. The number of amides is 1. The van der Waals surface area contributed by atoms with E-state index in [4.69, 9.17) is 4.74 Å². The Kier molecular flexibility index (Phi) is 6.72. The Hall–Kier alpha value is -3.50. The van der Waals surface area contributed by atoms with Gasteiger partial charge in [0.05, 0.1) is 7.11 Å². The zero-order chi connectivity index (χ0) is 20.6. The maximum atomic E-state index is 12.3. The summed E-state index contributed by atoms with van der Waals surface area (Å²) in [6.45, 7) is 4.12. The van der Waals surface area contributed by atoms with Crippen LogP contribution >= 0.6 is 0 Å². The monoisotopic (exact) mass is 391 g/mol. The second-order valence-electron chi connectivity index (χ2n) is 6.83. The number of methoxy groups -OCH3 is 1. The van der Waals surface area contributed by atoms with Crippen molar-refractivity contribution in [2.24, 2.45) is 0 Å². The van der Waals surface area contributed by atoms with Crippen LogP contribution in [0.1, 0.15) is 0 Å². The van der Waals surface area contributed by atoms with Crippen molar-refractivity contribution in [1.29, 1.82) is 5.26 Å². The molecule has 1 heterocycles. The van der Waals surface area contributed by atoms with Gasteiger partial charge in [0.1, 0.15) is 17.4 Å². The van der Waals surface area contributed by atoms with Crippen LogP contribution in [0.15, 0.2) is 60.3 Å². The lowest BCUT2D eigenvalue weighted by atomic mass is 10.2. The predicted molar refractivity (Wildman–Crippen MR) is 115 cm³/mol. The standard InChI is InChI=1S/C22H25N5O2/c1-26-11-13-27(14-12-26)20-7-3-18(4-8-20)24-16-17(15-23)22(28)25-19-5-9-21(29-2)10-6-19/h3-10,16,24H,11-14H2,1-2H3,(H,25,28)/b17-16-. The fourth-order valence-corrected chi connectivity index (χ4v) is 3.01. The van der Waals surface area contributed by atoms with Crippen LogP contribution in [-0.4, -0.2) is 51.1 Å². The van der Waals surface area contributed by atoms with E-state index in [1.807, 2.05) is 30.3 Å². The number of anilines is 3. The Balaban J connectivity index is 1.59. The maximum absolute atomic E-state index is 12.3. The summed E-state index contributed by atoms with van der Waals surface area (Å²) in [4.78, 5) is 17.0. The summed E-state index contributed by atoms with van der Waals surface area (Å²) in [6, 6.07) is 16.8. The number of likely N-dealkylation sites (N-methyl/N-ethyl adjacent to an activating group) is 1. The number of hydrogen-bond acceptors (Lipinski definition) is 6. The third-order valence-corrected chi connectivity index (χ3v) is 4.83. The molecule has 1 aliphatic heterocycles. The molecule has 1 saturated heterocycles. The van der Waals surface area contributed by atoms with E-state index < -0.39 is 5.91 Å². The van der Waals surface area contributed by atoms with Gasteiger partial charge in [-0.25, -0.2) is 0 Å². The molecule has 1 fully saturated rings. The van der Waals surface area contributed by atoms with E-state index in [0.29, 0.717) is 11.4 Å².